The minimum Gasteiger partial charge on any atom is -0.432 e. The van der Waals surface area contributed by atoms with Gasteiger partial charge in [-0.3, -0.25) is 4.79 Å². The molecule has 0 heterocycles. The van der Waals surface area contributed by atoms with Gasteiger partial charge in [-0.25, -0.2) is 0 Å². The highest BCUT2D eigenvalue weighted by Crippen LogP contribution is 2.34. The summed E-state index contributed by atoms with van der Waals surface area (Å²) in [6.45, 7) is 1.24. The molecule has 13 heavy (non-hydrogen) atoms. The lowest BCUT2D eigenvalue weighted by atomic mass is 9.84. The van der Waals surface area contributed by atoms with Crippen LogP contribution in [0.5, 0.6) is 0 Å². The first-order valence-electron chi connectivity index (χ1n) is 4.40. The molecular formula is C9H13NO3. The largest absolute Gasteiger partial charge is 0.432 e. The molecule has 1 saturated carbocycles. The number of carbonyl (C=O) groups is 1. The lowest BCUT2D eigenvalue weighted by molar-refractivity contribution is -0.232. The zero-order chi connectivity index (χ0) is 9.90. The van der Waals surface area contributed by atoms with E-state index in [9.17, 15) is 9.90 Å². The molecule has 1 aliphatic rings. The number of nitrogens with zero attached hydrogens (tertiary/aromatic N) is 1. The molecule has 0 spiro atoms. The second kappa shape index (κ2) is 3.75. The van der Waals surface area contributed by atoms with Gasteiger partial charge in [0.25, 0.3) is 0 Å². The predicted octanol–water partition coefficient (Wildman–Crippen LogP) is 0.952. The van der Waals surface area contributed by atoms with Gasteiger partial charge >= 0.3 is 5.97 Å². The van der Waals surface area contributed by atoms with Crippen molar-refractivity contribution in [2.24, 2.45) is 5.92 Å². The summed E-state index contributed by atoms with van der Waals surface area (Å²) in [5.41, 5.74) is 0. The first-order chi connectivity index (χ1) is 6.08. The van der Waals surface area contributed by atoms with Crippen LogP contribution < -0.4 is 0 Å². The van der Waals surface area contributed by atoms with Crippen LogP contribution in [0.1, 0.15) is 32.6 Å². The van der Waals surface area contributed by atoms with E-state index in [4.69, 9.17) is 10.00 Å². The third kappa shape index (κ3) is 2.19. The third-order valence-corrected chi connectivity index (χ3v) is 2.30. The van der Waals surface area contributed by atoms with Gasteiger partial charge in [0.2, 0.25) is 5.79 Å². The second-order valence-electron chi connectivity index (χ2n) is 3.37. The van der Waals surface area contributed by atoms with Gasteiger partial charge in [0, 0.05) is 13.3 Å². The van der Waals surface area contributed by atoms with Gasteiger partial charge in [0.15, 0.2) is 0 Å². The predicted molar refractivity (Wildman–Crippen MR) is 44.3 cm³/mol. The molecule has 1 N–H and O–H groups in total. The molecule has 2 atom stereocenters. The van der Waals surface area contributed by atoms with E-state index >= 15 is 0 Å². The Balaban J connectivity index is 2.72. The number of hydrogen-bond acceptors (Lipinski definition) is 4. The third-order valence-electron chi connectivity index (χ3n) is 2.30. The smallest absolute Gasteiger partial charge is 0.305 e. The number of aliphatic hydroxyl groups is 1. The molecule has 1 fully saturated rings. The quantitative estimate of drug-likeness (QED) is 0.485. The molecule has 1 aliphatic carbocycles. The fourth-order valence-electron chi connectivity index (χ4n) is 1.66. The van der Waals surface area contributed by atoms with Gasteiger partial charge in [-0.05, 0) is 12.8 Å². The molecule has 2 unspecified atom stereocenters. The normalized spacial score (nSPS) is 33.5. The average molecular weight is 183 g/mol. The van der Waals surface area contributed by atoms with Crippen molar-refractivity contribution in [2.75, 3.05) is 0 Å². The molecule has 0 aliphatic heterocycles. The Bertz CT molecular complexity index is 246. The van der Waals surface area contributed by atoms with Crippen LogP contribution in [0.15, 0.2) is 0 Å². The molecule has 0 aromatic carbocycles. The van der Waals surface area contributed by atoms with E-state index in [2.05, 4.69) is 0 Å². The van der Waals surface area contributed by atoms with Gasteiger partial charge in [-0.2, -0.15) is 5.26 Å². The summed E-state index contributed by atoms with van der Waals surface area (Å²) >= 11 is 0. The minimum absolute atomic E-state index is 0.366. The van der Waals surface area contributed by atoms with Crippen LogP contribution in [0.4, 0.5) is 0 Å². The first kappa shape index (κ1) is 10.0. The van der Waals surface area contributed by atoms with Gasteiger partial charge in [0.05, 0.1) is 6.07 Å². The van der Waals surface area contributed by atoms with Crippen LogP contribution in [0, 0.1) is 17.2 Å². The fraction of sp³-hybridized carbons (Fsp3) is 0.778. The topological polar surface area (TPSA) is 70.3 Å². The molecule has 1 rings (SSSR count). The van der Waals surface area contributed by atoms with Crippen LogP contribution in [0.25, 0.3) is 0 Å². The first-order valence-corrected chi connectivity index (χ1v) is 4.40. The van der Waals surface area contributed by atoms with E-state index in [0.29, 0.717) is 12.8 Å². The van der Waals surface area contributed by atoms with Crippen molar-refractivity contribution in [1.29, 1.82) is 5.26 Å². The average Bonchev–Trinajstić information content (AvgIpc) is 2.03. The van der Waals surface area contributed by atoms with Gasteiger partial charge in [0.1, 0.15) is 5.92 Å². The number of rotatable bonds is 1. The Morgan fingerprint density at radius 3 is 2.92 bits per heavy atom. The van der Waals surface area contributed by atoms with Gasteiger partial charge in [-0.1, -0.05) is 6.42 Å². The highest BCUT2D eigenvalue weighted by molar-refractivity contribution is 5.66. The monoisotopic (exact) mass is 183 g/mol. The van der Waals surface area contributed by atoms with E-state index in [0.717, 1.165) is 12.8 Å². The van der Waals surface area contributed by atoms with Crippen molar-refractivity contribution in [3.8, 4) is 6.07 Å². The van der Waals surface area contributed by atoms with Crippen molar-refractivity contribution < 1.29 is 14.6 Å². The minimum atomic E-state index is -1.54. The molecule has 0 aromatic rings. The Kier molecular flexibility index (Phi) is 2.89. The van der Waals surface area contributed by atoms with Crippen LogP contribution >= 0.6 is 0 Å². The lowest BCUT2D eigenvalue weighted by Gasteiger charge is -2.34. The number of nitriles is 1. The number of ether oxygens (including phenoxy) is 1. The van der Waals surface area contributed by atoms with Gasteiger partial charge < -0.3 is 9.84 Å². The molecule has 0 bridgehead atoms. The maximum absolute atomic E-state index is 10.7. The van der Waals surface area contributed by atoms with Crippen LogP contribution in [0.2, 0.25) is 0 Å². The summed E-state index contributed by atoms with van der Waals surface area (Å²) < 4.78 is 4.78. The zero-order valence-corrected chi connectivity index (χ0v) is 7.62. The zero-order valence-electron chi connectivity index (χ0n) is 7.62. The summed E-state index contributed by atoms with van der Waals surface area (Å²) in [4.78, 5) is 10.7. The summed E-state index contributed by atoms with van der Waals surface area (Å²) in [7, 11) is 0. The second-order valence-corrected chi connectivity index (χ2v) is 3.37. The Morgan fingerprint density at radius 2 is 2.38 bits per heavy atom. The molecular weight excluding hydrogens is 170 g/mol. The lowest BCUT2D eigenvalue weighted by Crippen LogP contribution is -2.43. The molecule has 0 saturated heterocycles. The summed E-state index contributed by atoms with van der Waals surface area (Å²) in [5, 5.41) is 18.6. The van der Waals surface area contributed by atoms with Crippen molar-refractivity contribution in [3.05, 3.63) is 0 Å². The number of esters is 1. The summed E-state index contributed by atoms with van der Waals surface area (Å²) in [6.07, 6.45) is 2.66. The van der Waals surface area contributed by atoms with E-state index in [1.54, 1.807) is 0 Å². The summed E-state index contributed by atoms with van der Waals surface area (Å²) in [6, 6.07) is 1.97. The van der Waals surface area contributed by atoms with Crippen LogP contribution in [0.3, 0.4) is 0 Å². The Morgan fingerprint density at radius 1 is 1.69 bits per heavy atom. The molecule has 0 amide bonds. The molecule has 0 radical (unpaired) electrons. The molecule has 4 nitrogen and oxygen atoms in total. The van der Waals surface area contributed by atoms with Crippen LogP contribution in [-0.2, 0) is 9.53 Å². The summed E-state index contributed by atoms with van der Waals surface area (Å²) in [5.74, 6) is -2.66. The molecule has 72 valence electrons. The number of carbonyl (C=O) groups excluding carboxylic acids is 1. The van der Waals surface area contributed by atoms with Crippen molar-refractivity contribution in [1.82, 2.24) is 0 Å². The highest BCUT2D eigenvalue weighted by Gasteiger charge is 2.42. The molecule has 4 heteroatoms. The van der Waals surface area contributed by atoms with E-state index < -0.39 is 17.7 Å². The van der Waals surface area contributed by atoms with Crippen molar-refractivity contribution >= 4 is 5.97 Å². The van der Waals surface area contributed by atoms with Crippen molar-refractivity contribution in [2.45, 2.75) is 38.4 Å². The SMILES string of the molecule is CC(=O)OC1(O)CCCCC1C#N. The number of hydrogen-bond donors (Lipinski definition) is 1. The van der Waals surface area contributed by atoms with E-state index in [1.165, 1.54) is 6.92 Å². The Labute approximate surface area is 77.1 Å². The fourth-order valence-corrected chi connectivity index (χ4v) is 1.66. The van der Waals surface area contributed by atoms with E-state index in [1.807, 2.05) is 6.07 Å². The highest BCUT2D eigenvalue weighted by atomic mass is 16.7. The molecule has 0 aromatic heterocycles. The maximum Gasteiger partial charge on any atom is 0.305 e. The Hall–Kier alpha value is -1.08. The van der Waals surface area contributed by atoms with E-state index in [-0.39, 0.29) is 0 Å². The van der Waals surface area contributed by atoms with Crippen molar-refractivity contribution in [3.63, 3.8) is 0 Å². The van der Waals surface area contributed by atoms with Crippen LogP contribution in [-0.4, -0.2) is 16.9 Å². The van der Waals surface area contributed by atoms with Gasteiger partial charge in [-0.15, -0.1) is 0 Å². The maximum atomic E-state index is 10.7. The standard InChI is InChI=1S/C9H13NO3/c1-7(11)13-9(12)5-3-2-4-8(9)6-10/h8,12H,2-5H2,1H3.